The van der Waals surface area contributed by atoms with Crippen molar-refractivity contribution >= 4 is 17.3 Å². The third kappa shape index (κ3) is 2.84. The number of aryl methyl sites for hydroxylation is 2. The molecular formula is C10H14O2S. The van der Waals surface area contributed by atoms with Crippen LogP contribution >= 0.6 is 11.3 Å². The van der Waals surface area contributed by atoms with Gasteiger partial charge in [0.05, 0.1) is 5.92 Å². The smallest absolute Gasteiger partial charge is 0.306 e. The van der Waals surface area contributed by atoms with Crippen LogP contribution < -0.4 is 0 Å². The molecule has 72 valence electrons. The Kier molecular flexibility index (Phi) is 3.48. The first-order valence-corrected chi connectivity index (χ1v) is 5.25. The Bertz CT molecular complexity index is 291. The fourth-order valence-electron chi connectivity index (χ4n) is 1.13. The van der Waals surface area contributed by atoms with E-state index in [0.717, 1.165) is 12.8 Å². The van der Waals surface area contributed by atoms with E-state index in [1.54, 1.807) is 18.3 Å². The van der Waals surface area contributed by atoms with Gasteiger partial charge in [0.1, 0.15) is 0 Å². The quantitative estimate of drug-likeness (QED) is 0.807. The number of hydrogen-bond donors (Lipinski definition) is 1. The Balaban J connectivity index is 2.44. The normalized spacial score (nSPS) is 12.8. The number of aliphatic carboxylic acids is 1. The van der Waals surface area contributed by atoms with Crippen molar-refractivity contribution in [2.24, 2.45) is 5.92 Å². The van der Waals surface area contributed by atoms with Gasteiger partial charge in [0, 0.05) is 4.88 Å². The highest BCUT2D eigenvalue weighted by Crippen LogP contribution is 2.19. The lowest BCUT2D eigenvalue weighted by molar-refractivity contribution is -0.141. The van der Waals surface area contributed by atoms with Crippen LogP contribution in [0.25, 0.3) is 0 Å². The van der Waals surface area contributed by atoms with Crippen LogP contribution in [0.5, 0.6) is 0 Å². The molecule has 1 aromatic rings. The second kappa shape index (κ2) is 4.42. The van der Waals surface area contributed by atoms with E-state index in [1.165, 1.54) is 10.4 Å². The molecule has 0 aliphatic rings. The van der Waals surface area contributed by atoms with Gasteiger partial charge in [0.15, 0.2) is 0 Å². The number of carboxylic acids is 1. The molecule has 1 unspecified atom stereocenters. The summed E-state index contributed by atoms with van der Waals surface area (Å²) in [7, 11) is 0. The van der Waals surface area contributed by atoms with E-state index in [-0.39, 0.29) is 5.92 Å². The topological polar surface area (TPSA) is 37.3 Å². The van der Waals surface area contributed by atoms with Crippen LogP contribution in [0.2, 0.25) is 0 Å². The number of rotatable bonds is 4. The van der Waals surface area contributed by atoms with Crippen molar-refractivity contribution in [1.29, 1.82) is 0 Å². The van der Waals surface area contributed by atoms with Gasteiger partial charge < -0.3 is 5.11 Å². The molecule has 3 heteroatoms. The van der Waals surface area contributed by atoms with E-state index in [2.05, 4.69) is 18.4 Å². The Morgan fingerprint density at radius 2 is 2.38 bits per heavy atom. The number of thiophene rings is 1. The molecule has 0 saturated carbocycles. The Morgan fingerprint density at radius 3 is 2.85 bits per heavy atom. The van der Waals surface area contributed by atoms with Gasteiger partial charge in [-0.05, 0) is 36.8 Å². The lowest BCUT2D eigenvalue weighted by atomic mass is 10.0. The fourth-order valence-corrected chi connectivity index (χ4v) is 2.06. The summed E-state index contributed by atoms with van der Waals surface area (Å²) >= 11 is 1.71. The summed E-state index contributed by atoms with van der Waals surface area (Å²) in [6, 6.07) is 2.07. The van der Waals surface area contributed by atoms with Crippen molar-refractivity contribution in [3.63, 3.8) is 0 Å². The second-order valence-corrected chi connectivity index (χ2v) is 4.31. The molecule has 0 radical (unpaired) electrons. The number of hydrogen-bond acceptors (Lipinski definition) is 2. The average molecular weight is 198 g/mol. The number of carbonyl (C=O) groups is 1. The maximum Gasteiger partial charge on any atom is 0.306 e. The molecule has 0 fully saturated rings. The molecule has 0 aliphatic carbocycles. The van der Waals surface area contributed by atoms with Crippen molar-refractivity contribution in [1.82, 2.24) is 0 Å². The van der Waals surface area contributed by atoms with Gasteiger partial charge in [0.25, 0.3) is 0 Å². The Hall–Kier alpha value is -0.830. The summed E-state index contributed by atoms with van der Waals surface area (Å²) < 4.78 is 0. The third-order valence-corrected chi connectivity index (χ3v) is 3.28. The summed E-state index contributed by atoms with van der Waals surface area (Å²) in [5.41, 5.74) is 1.28. The highest BCUT2D eigenvalue weighted by atomic mass is 32.1. The van der Waals surface area contributed by atoms with E-state index >= 15 is 0 Å². The minimum absolute atomic E-state index is 0.235. The Morgan fingerprint density at radius 1 is 1.69 bits per heavy atom. The lowest BCUT2D eigenvalue weighted by Gasteiger charge is -2.04. The van der Waals surface area contributed by atoms with E-state index in [1.807, 2.05) is 0 Å². The molecule has 13 heavy (non-hydrogen) atoms. The van der Waals surface area contributed by atoms with Crippen LogP contribution in [-0.2, 0) is 11.2 Å². The monoisotopic (exact) mass is 198 g/mol. The summed E-state index contributed by atoms with van der Waals surface area (Å²) in [5, 5.41) is 10.7. The molecule has 1 aromatic heterocycles. The second-order valence-electron chi connectivity index (χ2n) is 3.30. The first kappa shape index (κ1) is 10.3. The van der Waals surface area contributed by atoms with Gasteiger partial charge in [-0.1, -0.05) is 6.92 Å². The van der Waals surface area contributed by atoms with Crippen LogP contribution in [0.3, 0.4) is 0 Å². The molecule has 0 spiro atoms. The van der Waals surface area contributed by atoms with Crippen LogP contribution in [0.15, 0.2) is 11.4 Å². The van der Waals surface area contributed by atoms with Crippen molar-refractivity contribution < 1.29 is 9.90 Å². The molecule has 1 atom stereocenters. The Labute approximate surface area is 82.2 Å². The van der Waals surface area contributed by atoms with Gasteiger partial charge in [0.2, 0.25) is 0 Å². The first-order chi connectivity index (χ1) is 6.11. The third-order valence-electron chi connectivity index (χ3n) is 2.19. The summed E-state index contributed by atoms with van der Waals surface area (Å²) in [5.74, 6) is -0.935. The summed E-state index contributed by atoms with van der Waals surface area (Å²) in [4.78, 5) is 11.9. The molecular weight excluding hydrogens is 184 g/mol. The zero-order valence-electron chi connectivity index (χ0n) is 7.91. The van der Waals surface area contributed by atoms with Crippen LogP contribution in [0.4, 0.5) is 0 Å². The highest BCUT2D eigenvalue weighted by Gasteiger charge is 2.11. The fraction of sp³-hybridized carbons (Fsp3) is 0.500. The van der Waals surface area contributed by atoms with E-state index in [9.17, 15) is 4.79 Å². The SMILES string of the molecule is Cc1ccsc1CCC(C)C(=O)O. The van der Waals surface area contributed by atoms with Gasteiger partial charge in [-0.15, -0.1) is 11.3 Å². The van der Waals surface area contributed by atoms with Gasteiger partial charge in [-0.25, -0.2) is 0 Å². The maximum atomic E-state index is 10.5. The zero-order valence-corrected chi connectivity index (χ0v) is 8.73. The minimum Gasteiger partial charge on any atom is -0.481 e. The standard InChI is InChI=1S/C10H14O2S/c1-7-5-6-13-9(7)4-3-8(2)10(11)12/h5-6,8H,3-4H2,1-2H3,(H,11,12). The van der Waals surface area contributed by atoms with Crippen LogP contribution in [0, 0.1) is 12.8 Å². The predicted molar refractivity (Wildman–Crippen MR) is 54.2 cm³/mol. The van der Waals surface area contributed by atoms with Gasteiger partial charge >= 0.3 is 5.97 Å². The lowest BCUT2D eigenvalue weighted by Crippen LogP contribution is -2.10. The molecule has 0 amide bonds. The van der Waals surface area contributed by atoms with Crippen molar-refractivity contribution in [2.45, 2.75) is 26.7 Å². The van der Waals surface area contributed by atoms with Crippen molar-refractivity contribution in [3.8, 4) is 0 Å². The average Bonchev–Trinajstić information content (AvgIpc) is 2.47. The molecule has 0 aliphatic heterocycles. The molecule has 0 saturated heterocycles. The largest absolute Gasteiger partial charge is 0.481 e. The van der Waals surface area contributed by atoms with Gasteiger partial charge in [-0.2, -0.15) is 0 Å². The predicted octanol–water partition coefficient (Wildman–Crippen LogP) is 2.71. The zero-order chi connectivity index (χ0) is 9.84. The van der Waals surface area contributed by atoms with Crippen molar-refractivity contribution in [3.05, 3.63) is 21.9 Å². The summed E-state index contributed by atoms with van der Waals surface area (Å²) in [6.07, 6.45) is 1.62. The van der Waals surface area contributed by atoms with Crippen LogP contribution in [-0.4, -0.2) is 11.1 Å². The molecule has 1 heterocycles. The van der Waals surface area contributed by atoms with Crippen molar-refractivity contribution in [2.75, 3.05) is 0 Å². The van der Waals surface area contributed by atoms with E-state index in [4.69, 9.17) is 5.11 Å². The van der Waals surface area contributed by atoms with E-state index in [0.29, 0.717) is 0 Å². The van der Waals surface area contributed by atoms with Gasteiger partial charge in [-0.3, -0.25) is 4.79 Å². The summed E-state index contributed by atoms with van der Waals surface area (Å²) in [6.45, 7) is 3.82. The van der Waals surface area contributed by atoms with Crippen LogP contribution in [0.1, 0.15) is 23.8 Å². The first-order valence-electron chi connectivity index (χ1n) is 4.37. The molecule has 1 rings (SSSR count). The number of carboxylic acid groups (broad SMARTS) is 1. The minimum atomic E-state index is -0.700. The van der Waals surface area contributed by atoms with E-state index < -0.39 is 5.97 Å². The maximum absolute atomic E-state index is 10.5. The molecule has 0 bridgehead atoms. The molecule has 0 aromatic carbocycles. The molecule has 2 nitrogen and oxygen atoms in total. The molecule has 1 N–H and O–H groups in total. The highest BCUT2D eigenvalue weighted by molar-refractivity contribution is 7.10.